The van der Waals surface area contributed by atoms with Gasteiger partial charge in [0.05, 0.1) is 0 Å². The van der Waals surface area contributed by atoms with Gasteiger partial charge in [-0.3, -0.25) is 0 Å². The number of hydrogen-bond donors (Lipinski definition) is 0. The quantitative estimate of drug-likeness (QED) is 0.551. The molecule has 9 heavy (non-hydrogen) atoms. The normalized spacial score (nSPS) is 30.7. The van der Waals surface area contributed by atoms with E-state index < -0.39 is 0 Å². The van der Waals surface area contributed by atoms with Crippen molar-refractivity contribution in [3.8, 4) is 0 Å². The molecule has 2 atom stereocenters. The highest BCUT2D eigenvalue weighted by Gasteiger charge is 2.15. The zero-order valence-corrected chi connectivity index (χ0v) is 6.13. The third kappa shape index (κ3) is 1.66. The van der Waals surface area contributed by atoms with E-state index in [1.165, 1.54) is 6.42 Å². The first-order valence-electron chi connectivity index (χ1n) is 3.51. The molecule has 2 unspecified atom stereocenters. The van der Waals surface area contributed by atoms with Crippen molar-refractivity contribution < 1.29 is 4.74 Å². The molecule has 1 rings (SSSR count). The molecule has 0 spiro atoms. The van der Waals surface area contributed by atoms with Crippen molar-refractivity contribution in [3.63, 3.8) is 0 Å². The SMILES string of the molecule is C[N-]C(C)C1CCOC1. The smallest absolute Gasteiger partial charge is 0.0481 e. The minimum absolute atomic E-state index is 0.493. The Labute approximate surface area is 56.6 Å². The fourth-order valence-electron chi connectivity index (χ4n) is 1.14. The second-order valence-corrected chi connectivity index (χ2v) is 2.62. The van der Waals surface area contributed by atoms with Crippen LogP contribution in [0.25, 0.3) is 5.32 Å². The highest BCUT2D eigenvalue weighted by molar-refractivity contribution is 4.89. The summed E-state index contributed by atoms with van der Waals surface area (Å²) in [7, 11) is 1.88. The van der Waals surface area contributed by atoms with Gasteiger partial charge in [-0.1, -0.05) is 6.92 Å². The second-order valence-electron chi connectivity index (χ2n) is 2.62. The van der Waals surface area contributed by atoms with Crippen LogP contribution in [0.5, 0.6) is 0 Å². The Morgan fingerprint density at radius 3 is 2.89 bits per heavy atom. The molecule has 2 nitrogen and oxygen atoms in total. The summed E-state index contributed by atoms with van der Waals surface area (Å²) in [6.45, 7) is 4.00. The molecular weight excluding hydrogens is 114 g/mol. The lowest BCUT2D eigenvalue weighted by atomic mass is 10.0. The molecule has 0 N–H and O–H groups in total. The lowest BCUT2D eigenvalue weighted by Crippen LogP contribution is -2.15. The van der Waals surface area contributed by atoms with E-state index in [0.717, 1.165) is 13.2 Å². The Bertz CT molecular complexity index is 79.0. The number of hydrogen-bond acceptors (Lipinski definition) is 1. The molecule has 0 aromatic heterocycles. The second kappa shape index (κ2) is 3.18. The topological polar surface area (TPSA) is 23.3 Å². The van der Waals surface area contributed by atoms with Gasteiger partial charge in [0.15, 0.2) is 0 Å². The molecule has 1 aliphatic rings. The molecule has 1 heterocycles. The molecule has 0 aromatic rings. The van der Waals surface area contributed by atoms with Crippen LogP contribution >= 0.6 is 0 Å². The summed E-state index contributed by atoms with van der Waals surface area (Å²) in [6.07, 6.45) is 1.19. The number of nitrogens with zero attached hydrogens (tertiary/aromatic N) is 1. The Morgan fingerprint density at radius 2 is 2.44 bits per heavy atom. The molecule has 0 bridgehead atoms. The van der Waals surface area contributed by atoms with Gasteiger partial charge in [-0.15, -0.1) is 6.04 Å². The van der Waals surface area contributed by atoms with Crippen molar-refractivity contribution in [2.75, 3.05) is 20.3 Å². The predicted molar refractivity (Wildman–Crippen MR) is 37.7 cm³/mol. The van der Waals surface area contributed by atoms with E-state index in [4.69, 9.17) is 4.74 Å². The van der Waals surface area contributed by atoms with E-state index in [2.05, 4.69) is 12.2 Å². The van der Waals surface area contributed by atoms with Crippen LogP contribution in [0.3, 0.4) is 0 Å². The zero-order chi connectivity index (χ0) is 6.69. The van der Waals surface area contributed by atoms with Gasteiger partial charge < -0.3 is 10.1 Å². The summed E-state index contributed by atoms with van der Waals surface area (Å²) in [5.74, 6) is 0.690. The third-order valence-corrected chi connectivity index (χ3v) is 2.05. The first kappa shape index (κ1) is 7.03. The molecule has 0 amide bonds. The van der Waals surface area contributed by atoms with E-state index in [-0.39, 0.29) is 0 Å². The molecule has 1 fully saturated rings. The first-order valence-corrected chi connectivity index (χ1v) is 3.51. The van der Waals surface area contributed by atoms with Gasteiger partial charge in [-0.05, 0) is 12.3 Å². The maximum atomic E-state index is 5.22. The van der Waals surface area contributed by atoms with Crippen molar-refractivity contribution in [1.82, 2.24) is 0 Å². The lowest BCUT2D eigenvalue weighted by Gasteiger charge is -2.28. The third-order valence-electron chi connectivity index (χ3n) is 2.05. The van der Waals surface area contributed by atoms with Gasteiger partial charge in [0.25, 0.3) is 0 Å². The van der Waals surface area contributed by atoms with E-state index >= 15 is 0 Å². The Kier molecular flexibility index (Phi) is 2.49. The van der Waals surface area contributed by atoms with Crippen LogP contribution < -0.4 is 0 Å². The van der Waals surface area contributed by atoms with Gasteiger partial charge in [-0.25, -0.2) is 0 Å². The van der Waals surface area contributed by atoms with Crippen molar-refractivity contribution in [3.05, 3.63) is 5.32 Å². The summed E-state index contributed by atoms with van der Waals surface area (Å²) in [4.78, 5) is 0. The molecule has 0 aromatic carbocycles. The largest absolute Gasteiger partial charge is 0.662 e. The predicted octanol–water partition coefficient (Wildman–Crippen LogP) is 1.41. The molecule has 0 radical (unpaired) electrons. The van der Waals surface area contributed by atoms with Gasteiger partial charge in [-0.2, -0.15) is 7.05 Å². The fraction of sp³-hybridized carbons (Fsp3) is 1.00. The van der Waals surface area contributed by atoms with Gasteiger partial charge in [0.1, 0.15) is 0 Å². The molecule has 1 aliphatic heterocycles. The summed E-state index contributed by atoms with van der Waals surface area (Å²) >= 11 is 0. The average Bonchev–Trinajstić information content (AvgIpc) is 2.37. The van der Waals surface area contributed by atoms with E-state index in [9.17, 15) is 0 Å². The molecule has 2 heteroatoms. The highest BCUT2D eigenvalue weighted by Crippen LogP contribution is 2.19. The van der Waals surface area contributed by atoms with E-state index in [1.54, 1.807) is 0 Å². The van der Waals surface area contributed by atoms with Crippen molar-refractivity contribution >= 4 is 0 Å². The monoisotopic (exact) mass is 128 g/mol. The first-order chi connectivity index (χ1) is 4.34. The van der Waals surface area contributed by atoms with Gasteiger partial charge >= 0.3 is 0 Å². The molecule has 0 aliphatic carbocycles. The minimum atomic E-state index is 0.493. The van der Waals surface area contributed by atoms with Crippen LogP contribution in [0.1, 0.15) is 13.3 Å². The van der Waals surface area contributed by atoms with Gasteiger partial charge in [0, 0.05) is 13.2 Å². The molecule has 1 saturated heterocycles. The lowest BCUT2D eigenvalue weighted by molar-refractivity contribution is 0.183. The molecule has 0 saturated carbocycles. The summed E-state index contributed by atoms with van der Waals surface area (Å²) in [5.41, 5.74) is 0. The van der Waals surface area contributed by atoms with Crippen LogP contribution in [-0.2, 0) is 4.74 Å². The van der Waals surface area contributed by atoms with Crippen LogP contribution in [0.15, 0.2) is 0 Å². The van der Waals surface area contributed by atoms with Crippen LogP contribution in [0.4, 0.5) is 0 Å². The summed E-state index contributed by atoms with van der Waals surface area (Å²) < 4.78 is 5.22. The van der Waals surface area contributed by atoms with E-state index in [1.807, 2.05) is 7.05 Å². The summed E-state index contributed by atoms with van der Waals surface area (Å²) in [6, 6.07) is 0.493. The Balaban J connectivity index is 2.24. The molecular formula is C7H14NO-. The van der Waals surface area contributed by atoms with Crippen LogP contribution in [-0.4, -0.2) is 26.3 Å². The van der Waals surface area contributed by atoms with Crippen molar-refractivity contribution in [2.24, 2.45) is 5.92 Å². The maximum Gasteiger partial charge on any atom is 0.0481 e. The molecule has 54 valence electrons. The van der Waals surface area contributed by atoms with Gasteiger partial charge in [0.2, 0.25) is 0 Å². The minimum Gasteiger partial charge on any atom is -0.662 e. The summed E-state index contributed by atoms with van der Waals surface area (Å²) in [5, 5.41) is 4.19. The van der Waals surface area contributed by atoms with Crippen LogP contribution in [0.2, 0.25) is 0 Å². The zero-order valence-electron chi connectivity index (χ0n) is 6.13. The van der Waals surface area contributed by atoms with Crippen molar-refractivity contribution in [2.45, 2.75) is 19.4 Å². The Hall–Kier alpha value is -0.0800. The van der Waals surface area contributed by atoms with Crippen molar-refractivity contribution in [1.29, 1.82) is 0 Å². The van der Waals surface area contributed by atoms with E-state index in [0.29, 0.717) is 12.0 Å². The van der Waals surface area contributed by atoms with Crippen LogP contribution in [0, 0.1) is 5.92 Å². The maximum absolute atomic E-state index is 5.22. The average molecular weight is 128 g/mol. The fourth-order valence-corrected chi connectivity index (χ4v) is 1.14. The number of ether oxygens (including phenoxy) is 1. The highest BCUT2D eigenvalue weighted by atomic mass is 16.5. The number of rotatable bonds is 2. The standard InChI is InChI=1S/C7H14NO/c1-6(8-2)7-3-4-9-5-7/h6-7H,3-5H2,1-2H3/q-1. The Morgan fingerprint density at radius 1 is 1.67 bits per heavy atom.